The number of benzene rings is 1. The molecule has 1 N–H and O–H groups in total. The molecule has 1 aromatic carbocycles. The zero-order valence-electron chi connectivity index (χ0n) is 10.8. The molecule has 6 heteroatoms. The lowest BCUT2D eigenvalue weighted by Crippen LogP contribution is -2.29. The standard InChI is InChI=1S/C14H15FN2O3/c15-12-7-6-11(8-13(12)17(19)20)14(18)16-9-10-4-2-1-3-5-10/h1-2,6-8,10H,3-5,9H2,(H,16,18). The second-order valence-corrected chi connectivity index (χ2v) is 4.78. The van der Waals surface area contributed by atoms with Crippen molar-refractivity contribution < 1.29 is 14.1 Å². The fourth-order valence-corrected chi connectivity index (χ4v) is 2.17. The number of nitrogens with one attached hydrogen (secondary N) is 1. The summed E-state index contributed by atoms with van der Waals surface area (Å²) >= 11 is 0. The van der Waals surface area contributed by atoms with Crippen molar-refractivity contribution in [3.8, 4) is 0 Å². The summed E-state index contributed by atoms with van der Waals surface area (Å²) in [6.45, 7) is 0.522. The molecular weight excluding hydrogens is 263 g/mol. The molecule has 0 saturated heterocycles. The summed E-state index contributed by atoms with van der Waals surface area (Å²) in [7, 11) is 0. The van der Waals surface area contributed by atoms with Gasteiger partial charge in [-0.05, 0) is 37.3 Å². The van der Waals surface area contributed by atoms with E-state index in [9.17, 15) is 19.3 Å². The molecule has 0 radical (unpaired) electrons. The Balaban J connectivity index is 2.00. The van der Waals surface area contributed by atoms with Gasteiger partial charge in [-0.15, -0.1) is 0 Å². The van der Waals surface area contributed by atoms with Crippen molar-refractivity contribution in [3.63, 3.8) is 0 Å². The largest absolute Gasteiger partial charge is 0.352 e. The molecule has 106 valence electrons. The highest BCUT2D eigenvalue weighted by molar-refractivity contribution is 5.94. The van der Waals surface area contributed by atoms with Crippen molar-refractivity contribution in [1.29, 1.82) is 0 Å². The van der Waals surface area contributed by atoms with E-state index in [0.29, 0.717) is 12.5 Å². The first-order valence-corrected chi connectivity index (χ1v) is 6.45. The van der Waals surface area contributed by atoms with Gasteiger partial charge in [0.1, 0.15) is 0 Å². The molecule has 0 aromatic heterocycles. The maximum Gasteiger partial charge on any atom is 0.305 e. The lowest BCUT2D eigenvalue weighted by atomic mass is 9.94. The van der Waals surface area contributed by atoms with Crippen LogP contribution in [0.3, 0.4) is 0 Å². The Morgan fingerprint density at radius 1 is 1.45 bits per heavy atom. The predicted molar refractivity (Wildman–Crippen MR) is 71.9 cm³/mol. The number of nitrogens with zero attached hydrogens (tertiary/aromatic N) is 1. The molecular formula is C14H15FN2O3. The molecule has 1 aliphatic carbocycles. The zero-order valence-corrected chi connectivity index (χ0v) is 10.8. The van der Waals surface area contributed by atoms with Gasteiger partial charge in [0.2, 0.25) is 5.82 Å². The summed E-state index contributed by atoms with van der Waals surface area (Å²) in [4.78, 5) is 21.7. The number of nitro benzene ring substituents is 1. The Kier molecular flexibility index (Phi) is 4.45. The third-order valence-corrected chi connectivity index (χ3v) is 3.33. The molecule has 1 unspecified atom stereocenters. The molecule has 0 spiro atoms. The maximum absolute atomic E-state index is 13.2. The van der Waals surface area contributed by atoms with Gasteiger partial charge in [0.25, 0.3) is 5.91 Å². The third kappa shape index (κ3) is 3.40. The second kappa shape index (κ2) is 6.27. The summed E-state index contributed by atoms with van der Waals surface area (Å²) in [6, 6.07) is 3.15. The van der Waals surface area contributed by atoms with Crippen LogP contribution in [0.2, 0.25) is 0 Å². The van der Waals surface area contributed by atoms with Crippen LogP contribution >= 0.6 is 0 Å². The molecule has 1 atom stereocenters. The van der Waals surface area contributed by atoms with Crippen LogP contribution in [-0.2, 0) is 0 Å². The van der Waals surface area contributed by atoms with E-state index in [1.165, 1.54) is 6.07 Å². The van der Waals surface area contributed by atoms with Crippen molar-refractivity contribution in [2.75, 3.05) is 6.54 Å². The Labute approximate surface area is 115 Å². The average Bonchev–Trinajstić information content (AvgIpc) is 2.46. The van der Waals surface area contributed by atoms with Crippen LogP contribution in [0.25, 0.3) is 0 Å². The van der Waals surface area contributed by atoms with Crippen LogP contribution < -0.4 is 5.32 Å². The highest BCUT2D eigenvalue weighted by Crippen LogP contribution is 2.19. The van der Waals surface area contributed by atoms with Gasteiger partial charge in [-0.3, -0.25) is 14.9 Å². The summed E-state index contributed by atoms with van der Waals surface area (Å²) in [6.07, 6.45) is 7.14. The highest BCUT2D eigenvalue weighted by Gasteiger charge is 2.18. The molecule has 0 aliphatic heterocycles. The maximum atomic E-state index is 13.2. The lowest BCUT2D eigenvalue weighted by Gasteiger charge is -2.18. The minimum atomic E-state index is -0.941. The Bertz CT molecular complexity index is 557. The summed E-state index contributed by atoms with van der Waals surface area (Å²) in [5.41, 5.74) is -0.581. The molecule has 5 nitrogen and oxygen atoms in total. The number of hydrogen-bond donors (Lipinski definition) is 1. The van der Waals surface area contributed by atoms with Gasteiger partial charge in [0, 0.05) is 18.2 Å². The molecule has 1 amide bonds. The topological polar surface area (TPSA) is 72.2 Å². The van der Waals surface area contributed by atoms with E-state index in [4.69, 9.17) is 0 Å². The van der Waals surface area contributed by atoms with Crippen LogP contribution in [0.1, 0.15) is 29.6 Å². The summed E-state index contributed by atoms with van der Waals surface area (Å²) < 4.78 is 13.2. The SMILES string of the molecule is O=C(NCC1CC=CCC1)c1ccc(F)c([N+](=O)[O-])c1. The van der Waals surface area contributed by atoms with Crippen molar-refractivity contribution in [1.82, 2.24) is 5.32 Å². The smallest absolute Gasteiger partial charge is 0.305 e. The average molecular weight is 278 g/mol. The van der Waals surface area contributed by atoms with E-state index in [1.54, 1.807) is 0 Å². The first kappa shape index (κ1) is 14.2. The summed E-state index contributed by atoms with van der Waals surface area (Å²) in [5.74, 6) is -0.967. The first-order valence-electron chi connectivity index (χ1n) is 6.45. The number of allylic oxidation sites excluding steroid dienone is 2. The predicted octanol–water partition coefficient (Wildman–Crippen LogP) is 2.82. The van der Waals surface area contributed by atoms with Crippen LogP contribution in [0.4, 0.5) is 10.1 Å². The Morgan fingerprint density at radius 3 is 2.90 bits per heavy atom. The van der Waals surface area contributed by atoms with Gasteiger partial charge in [0.15, 0.2) is 0 Å². The molecule has 0 fully saturated rings. The number of carbonyl (C=O) groups excluding carboxylic acids is 1. The molecule has 1 aliphatic rings. The summed E-state index contributed by atoms with van der Waals surface area (Å²) in [5, 5.41) is 13.4. The van der Waals surface area contributed by atoms with Crippen LogP contribution in [0, 0.1) is 21.8 Å². The number of hydrogen-bond acceptors (Lipinski definition) is 3. The number of rotatable bonds is 4. The molecule has 0 saturated carbocycles. The quantitative estimate of drug-likeness (QED) is 0.523. The van der Waals surface area contributed by atoms with E-state index in [-0.39, 0.29) is 5.56 Å². The van der Waals surface area contributed by atoms with Crippen LogP contribution in [0.5, 0.6) is 0 Å². The van der Waals surface area contributed by atoms with Gasteiger partial charge in [-0.1, -0.05) is 12.2 Å². The second-order valence-electron chi connectivity index (χ2n) is 4.78. The normalized spacial score (nSPS) is 17.8. The zero-order chi connectivity index (χ0) is 14.5. The van der Waals surface area contributed by atoms with E-state index >= 15 is 0 Å². The van der Waals surface area contributed by atoms with Crippen LogP contribution in [-0.4, -0.2) is 17.4 Å². The van der Waals surface area contributed by atoms with Gasteiger partial charge < -0.3 is 5.32 Å². The van der Waals surface area contributed by atoms with Gasteiger partial charge in [0.05, 0.1) is 4.92 Å². The minimum absolute atomic E-state index is 0.101. The van der Waals surface area contributed by atoms with E-state index in [2.05, 4.69) is 17.5 Å². The van der Waals surface area contributed by atoms with E-state index in [1.807, 2.05) is 0 Å². The van der Waals surface area contributed by atoms with Crippen molar-refractivity contribution in [2.24, 2.45) is 5.92 Å². The van der Waals surface area contributed by atoms with Crippen molar-refractivity contribution in [2.45, 2.75) is 19.3 Å². The monoisotopic (exact) mass is 278 g/mol. The fourth-order valence-electron chi connectivity index (χ4n) is 2.17. The van der Waals surface area contributed by atoms with Gasteiger partial charge in [-0.2, -0.15) is 4.39 Å². The van der Waals surface area contributed by atoms with Crippen LogP contribution in [0.15, 0.2) is 30.4 Å². The van der Waals surface area contributed by atoms with Gasteiger partial charge >= 0.3 is 5.69 Å². The molecule has 2 rings (SSSR count). The Hall–Kier alpha value is -2.24. The minimum Gasteiger partial charge on any atom is -0.352 e. The van der Waals surface area contributed by atoms with E-state index in [0.717, 1.165) is 31.4 Å². The van der Waals surface area contributed by atoms with Crippen molar-refractivity contribution in [3.05, 3.63) is 51.8 Å². The van der Waals surface area contributed by atoms with Crippen molar-refractivity contribution >= 4 is 11.6 Å². The Morgan fingerprint density at radius 2 is 2.25 bits per heavy atom. The number of carbonyl (C=O) groups is 1. The fraction of sp³-hybridized carbons (Fsp3) is 0.357. The van der Waals surface area contributed by atoms with Gasteiger partial charge in [-0.25, -0.2) is 0 Å². The van der Waals surface area contributed by atoms with E-state index < -0.39 is 22.3 Å². The molecule has 0 bridgehead atoms. The molecule has 20 heavy (non-hydrogen) atoms. The number of amides is 1. The highest BCUT2D eigenvalue weighted by atomic mass is 19.1. The molecule has 1 aromatic rings. The lowest BCUT2D eigenvalue weighted by molar-refractivity contribution is -0.387. The molecule has 0 heterocycles. The number of nitro groups is 1. The third-order valence-electron chi connectivity index (χ3n) is 3.33. The first-order chi connectivity index (χ1) is 9.58. The number of halogens is 1.